The van der Waals surface area contributed by atoms with Crippen molar-refractivity contribution in [3.05, 3.63) is 38.9 Å². The van der Waals surface area contributed by atoms with Gasteiger partial charge in [0, 0.05) is 23.9 Å². The van der Waals surface area contributed by atoms with Crippen LogP contribution in [0.1, 0.15) is 24.2 Å². The number of nitro groups is 1. The Bertz CT molecular complexity index is 482. The summed E-state index contributed by atoms with van der Waals surface area (Å²) < 4.78 is 0. The maximum Gasteiger partial charge on any atom is 0.270 e. The summed E-state index contributed by atoms with van der Waals surface area (Å²) in [5.41, 5.74) is -0.0191. The van der Waals surface area contributed by atoms with Gasteiger partial charge in [0.05, 0.1) is 15.5 Å². The van der Waals surface area contributed by atoms with Gasteiger partial charge in [-0.3, -0.25) is 14.9 Å². The second kappa shape index (κ2) is 7.35. The number of carbonyl (C=O) groups is 1. The van der Waals surface area contributed by atoms with Crippen molar-refractivity contribution in [3.8, 4) is 0 Å². The van der Waals surface area contributed by atoms with Crippen LogP contribution in [0, 0.1) is 10.1 Å². The zero-order chi connectivity index (χ0) is 14.4. The van der Waals surface area contributed by atoms with Gasteiger partial charge < -0.3 is 5.32 Å². The van der Waals surface area contributed by atoms with Crippen LogP contribution >= 0.6 is 23.4 Å². The van der Waals surface area contributed by atoms with Crippen molar-refractivity contribution >= 4 is 35.0 Å². The van der Waals surface area contributed by atoms with Crippen LogP contribution in [0.4, 0.5) is 5.69 Å². The maximum absolute atomic E-state index is 12.0. The molecule has 7 heteroatoms. The third-order valence-electron chi connectivity index (χ3n) is 2.35. The number of nitro benzene ring substituents is 1. The van der Waals surface area contributed by atoms with Gasteiger partial charge in [-0.2, -0.15) is 11.8 Å². The number of non-ortho nitro benzene ring substituents is 1. The van der Waals surface area contributed by atoms with E-state index in [0.29, 0.717) is 0 Å². The van der Waals surface area contributed by atoms with Crippen LogP contribution in [-0.2, 0) is 0 Å². The lowest BCUT2D eigenvalue weighted by atomic mass is 10.2. The van der Waals surface area contributed by atoms with E-state index < -0.39 is 10.8 Å². The number of nitrogens with zero attached hydrogens (tertiary/aromatic N) is 1. The van der Waals surface area contributed by atoms with Gasteiger partial charge in [-0.15, -0.1) is 0 Å². The first kappa shape index (κ1) is 15.8. The fourth-order valence-electron chi connectivity index (χ4n) is 1.44. The molecule has 0 heterocycles. The molecule has 1 rings (SSSR count). The van der Waals surface area contributed by atoms with Crippen LogP contribution < -0.4 is 5.32 Å². The van der Waals surface area contributed by atoms with Crippen molar-refractivity contribution in [2.45, 2.75) is 19.9 Å². The summed E-state index contributed by atoms with van der Waals surface area (Å²) in [6, 6.07) is 3.81. The molecule has 19 heavy (non-hydrogen) atoms. The molecule has 1 unspecified atom stereocenters. The first-order valence-electron chi connectivity index (χ1n) is 5.78. The Labute approximate surface area is 120 Å². The molecule has 1 atom stereocenters. The van der Waals surface area contributed by atoms with Gasteiger partial charge in [-0.1, -0.05) is 18.5 Å². The maximum atomic E-state index is 12.0. The molecule has 0 bridgehead atoms. The summed E-state index contributed by atoms with van der Waals surface area (Å²) in [5.74, 6) is 1.37. The van der Waals surface area contributed by atoms with Gasteiger partial charge >= 0.3 is 0 Å². The highest BCUT2D eigenvalue weighted by atomic mass is 35.5. The minimum Gasteiger partial charge on any atom is -0.349 e. The van der Waals surface area contributed by atoms with E-state index in [9.17, 15) is 14.9 Å². The van der Waals surface area contributed by atoms with E-state index in [0.717, 1.165) is 11.5 Å². The summed E-state index contributed by atoms with van der Waals surface area (Å²) in [5, 5.41) is 13.7. The number of nitrogens with one attached hydrogen (secondary N) is 1. The van der Waals surface area contributed by atoms with Crippen molar-refractivity contribution in [3.63, 3.8) is 0 Å². The Morgan fingerprint density at radius 3 is 2.84 bits per heavy atom. The largest absolute Gasteiger partial charge is 0.349 e. The molecular weight excluding hydrogens is 288 g/mol. The summed E-state index contributed by atoms with van der Waals surface area (Å²) >= 11 is 7.60. The Balaban J connectivity index is 2.81. The molecule has 0 saturated carbocycles. The average Bonchev–Trinajstić information content (AvgIpc) is 2.36. The lowest BCUT2D eigenvalue weighted by Gasteiger charge is -2.13. The van der Waals surface area contributed by atoms with E-state index in [1.54, 1.807) is 11.8 Å². The van der Waals surface area contributed by atoms with Gasteiger partial charge in [0.2, 0.25) is 0 Å². The van der Waals surface area contributed by atoms with Gasteiger partial charge in [0.15, 0.2) is 0 Å². The Hall–Kier alpha value is -1.27. The van der Waals surface area contributed by atoms with Crippen molar-refractivity contribution in [1.29, 1.82) is 0 Å². The van der Waals surface area contributed by atoms with Gasteiger partial charge in [0.1, 0.15) is 0 Å². The standard InChI is InChI=1S/C12H15ClN2O3S/c1-3-19-7-8(2)14-12(16)10-6-9(15(17)18)4-5-11(10)13/h4-6,8H,3,7H2,1-2H3,(H,14,16). The third-order valence-corrected chi connectivity index (χ3v) is 3.83. The van der Waals surface area contributed by atoms with E-state index in [2.05, 4.69) is 5.32 Å². The van der Waals surface area contributed by atoms with Crippen molar-refractivity contribution in [1.82, 2.24) is 5.32 Å². The molecule has 0 aliphatic carbocycles. The molecular formula is C12H15ClN2O3S. The summed E-state index contributed by atoms with van der Waals surface area (Å²) in [6.45, 7) is 3.92. The van der Waals surface area contributed by atoms with Crippen LogP contribution in [0.5, 0.6) is 0 Å². The molecule has 0 aromatic heterocycles. The fraction of sp³-hybridized carbons (Fsp3) is 0.417. The summed E-state index contributed by atoms with van der Waals surface area (Å²) in [7, 11) is 0. The first-order valence-corrected chi connectivity index (χ1v) is 7.31. The second-order valence-corrected chi connectivity index (χ2v) is 5.68. The van der Waals surface area contributed by atoms with Crippen molar-refractivity contribution < 1.29 is 9.72 Å². The van der Waals surface area contributed by atoms with Crippen molar-refractivity contribution in [2.75, 3.05) is 11.5 Å². The molecule has 0 aliphatic rings. The van der Waals surface area contributed by atoms with Crippen LogP contribution in [0.3, 0.4) is 0 Å². The molecule has 0 fully saturated rings. The van der Waals surface area contributed by atoms with Crippen molar-refractivity contribution in [2.24, 2.45) is 0 Å². The number of hydrogen-bond acceptors (Lipinski definition) is 4. The fourth-order valence-corrected chi connectivity index (χ4v) is 2.31. The lowest BCUT2D eigenvalue weighted by molar-refractivity contribution is -0.384. The second-order valence-electron chi connectivity index (χ2n) is 3.96. The topological polar surface area (TPSA) is 72.2 Å². The SMILES string of the molecule is CCSCC(C)NC(=O)c1cc([N+](=O)[O-])ccc1Cl. The smallest absolute Gasteiger partial charge is 0.270 e. The number of amides is 1. The van der Waals surface area contributed by atoms with E-state index >= 15 is 0 Å². The third kappa shape index (κ3) is 4.72. The Kier molecular flexibility index (Phi) is 6.11. The highest BCUT2D eigenvalue weighted by Crippen LogP contribution is 2.22. The minimum absolute atomic E-state index is 0.0206. The normalized spacial score (nSPS) is 11.9. The molecule has 0 spiro atoms. The highest BCUT2D eigenvalue weighted by Gasteiger charge is 2.17. The number of benzene rings is 1. The molecule has 1 amide bonds. The number of thioether (sulfide) groups is 1. The number of carbonyl (C=O) groups excluding carboxylic acids is 1. The zero-order valence-corrected chi connectivity index (χ0v) is 12.3. The number of hydrogen-bond donors (Lipinski definition) is 1. The highest BCUT2D eigenvalue weighted by molar-refractivity contribution is 7.99. The van der Waals surface area contributed by atoms with E-state index in [4.69, 9.17) is 11.6 Å². The molecule has 1 aromatic rings. The van der Waals surface area contributed by atoms with E-state index in [1.807, 2.05) is 13.8 Å². The number of halogens is 1. The quantitative estimate of drug-likeness (QED) is 0.647. The lowest BCUT2D eigenvalue weighted by Crippen LogP contribution is -2.34. The van der Waals surface area contributed by atoms with Gasteiger partial charge in [-0.05, 0) is 18.7 Å². The van der Waals surface area contributed by atoms with E-state index in [1.165, 1.54) is 18.2 Å². The summed E-state index contributed by atoms with van der Waals surface area (Å²) in [4.78, 5) is 22.1. The number of rotatable bonds is 6. The molecule has 0 saturated heterocycles. The van der Waals surface area contributed by atoms with E-state index in [-0.39, 0.29) is 22.3 Å². The predicted octanol–water partition coefficient (Wildman–Crippen LogP) is 3.12. The Morgan fingerprint density at radius 1 is 1.58 bits per heavy atom. The minimum atomic E-state index is -0.552. The van der Waals surface area contributed by atoms with Crippen LogP contribution in [0.2, 0.25) is 5.02 Å². The Morgan fingerprint density at radius 2 is 2.26 bits per heavy atom. The molecule has 104 valence electrons. The molecule has 0 aliphatic heterocycles. The van der Waals surface area contributed by atoms with Crippen LogP contribution in [0.15, 0.2) is 18.2 Å². The first-order chi connectivity index (χ1) is 8.95. The monoisotopic (exact) mass is 302 g/mol. The molecule has 5 nitrogen and oxygen atoms in total. The van der Waals surface area contributed by atoms with Gasteiger partial charge in [-0.25, -0.2) is 0 Å². The molecule has 1 aromatic carbocycles. The van der Waals surface area contributed by atoms with Crippen LogP contribution in [-0.4, -0.2) is 28.4 Å². The zero-order valence-electron chi connectivity index (χ0n) is 10.7. The summed E-state index contributed by atoms with van der Waals surface area (Å²) in [6.07, 6.45) is 0. The van der Waals surface area contributed by atoms with Gasteiger partial charge in [0.25, 0.3) is 11.6 Å². The molecule has 1 N–H and O–H groups in total. The predicted molar refractivity (Wildman–Crippen MR) is 78.0 cm³/mol. The molecule has 0 radical (unpaired) electrons. The van der Waals surface area contributed by atoms with Crippen LogP contribution in [0.25, 0.3) is 0 Å². The average molecular weight is 303 g/mol.